The fourth-order valence-electron chi connectivity index (χ4n) is 3.98. The average Bonchev–Trinajstić information content (AvgIpc) is 3.05. The van der Waals surface area contributed by atoms with Gasteiger partial charge in [-0.05, 0) is 53.5 Å². The Morgan fingerprint density at radius 1 is 1.03 bits per heavy atom. The molecule has 1 heterocycles. The minimum absolute atomic E-state index is 0.0180. The number of Topliss-reactive ketones (excluding diaryl/α,β-unsaturated/α-hetero) is 1. The topological polar surface area (TPSA) is 107 Å². The van der Waals surface area contributed by atoms with Gasteiger partial charge in [0.1, 0.15) is 11.8 Å². The number of carbonyl (C=O) groups excluding carboxylic acids is 5. The monoisotopic (exact) mass is 540 g/mol. The zero-order chi connectivity index (χ0) is 28.6. The molecule has 0 aromatic carbocycles. The van der Waals surface area contributed by atoms with E-state index in [1.165, 1.54) is 21.6 Å². The molecule has 37 heavy (non-hydrogen) atoms. The maximum absolute atomic E-state index is 12.9. The summed E-state index contributed by atoms with van der Waals surface area (Å²) in [5.74, 6) is -0.0380. The van der Waals surface area contributed by atoms with Crippen LogP contribution >= 0.6 is 11.8 Å². The highest BCUT2D eigenvalue weighted by Crippen LogP contribution is 2.31. The SMILES string of the molecule is CN(C)CCNC(=O)C(CC(=O)C(C)(C)C)N(C)C(=O)CCCCCSC1CC(=O)N(C(C)(C)C)C1=O. The molecule has 1 N–H and O–H groups in total. The van der Waals surface area contributed by atoms with E-state index in [1.54, 1.807) is 7.05 Å². The van der Waals surface area contributed by atoms with Gasteiger partial charge < -0.3 is 15.1 Å². The number of nitrogens with one attached hydrogen (secondary N) is 1. The smallest absolute Gasteiger partial charge is 0.243 e. The fraction of sp³-hybridized carbons (Fsp3) is 0.815. The van der Waals surface area contributed by atoms with Gasteiger partial charge in [0, 0.05) is 50.4 Å². The summed E-state index contributed by atoms with van der Waals surface area (Å²) in [5.41, 5.74) is -1.10. The Labute approximate surface area is 227 Å². The van der Waals surface area contributed by atoms with Crippen molar-refractivity contribution in [1.82, 2.24) is 20.0 Å². The highest BCUT2D eigenvalue weighted by molar-refractivity contribution is 8.00. The Bertz CT molecular complexity index is 832. The first kappa shape index (κ1) is 33.1. The number of unbranched alkanes of at least 4 members (excludes halogenated alkanes) is 2. The van der Waals surface area contributed by atoms with Gasteiger partial charge >= 0.3 is 0 Å². The van der Waals surface area contributed by atoms with Crippen LogP contribution in [-0.4, -0.2) is 101 Å². The summed E-state index contributed by atoms with van der Waals surface area (Å²) >= 11 is 1.51. The lowest BCUT2D eigenvalue weighted by Gasteiger charge is -2.30. The fourth-order valence-corrected chi connectivity index (χ4v) is 5.14. The van der Waals surface area contributed by atoms with Crippen molar-refractivity contribution in [3.63, 3.8) is 0 Å². The van der Waals surface area contributed by atoms with E-state index in [2.05, 4.69) is 5.32 Å². The maximum atomic E-state index is 12.9. The summed E-state index contributed by atoms with van der Waals surface area (Å²) in [5, 5.41) is 2.52. The molecule has 9 nitrogen and oxygen atoms in total. The third-order valence-corrected chi connectivity index (χ3v) is 7.66. The van der Waals surface area contributed by atoms with Gasteiger partial charge in [0.2, 0.25) is 23.6 Å². The van der Waals surface area contributed by atoms with Crippen molar-refractivity contribution in [2.45, 2.75) is 96.9 Å². The predicted octanol–water partition coefficient (Wildman–Crippen LogP) is 2.72. The second-order valence-corrected chi connectivity index (χ2v) is 13.4. The van der Waals surface area contributed by atoms with Crippen LogP contribution in [0.25, 0.3) is 0 Å². The lowest BCUT2D eigenvalue weighted by molar-refractivity contribution is -0.143. The molecule has 10 heteroatoms. The zero-order valence-electron chi connectivity index (χ0n) is 24.3. The molecule has 0 spiro atoms. The van der Waals surface area contributed by atoms with E-state index in [0.717, 1.165) is 18.6 Å². The second kappa shape index (κ2) is 14.3. The molecule has 0 aromatic heterocycles. The van der Waals surface area contributed by atoms with Crippen LogP contribution in [0.2, 0.25) is 0 Å². The van der Waals surface area contributed by atoms with Gasteiger partial charge in [0.25, 0.3) is 0 Å². The van der Waals surface area contributed by atoms with Gasteiger partial charge in [-0.15, -0.1) is 11.8 Å². The summed E-state index contributed by atoms with van der Waals surface area (Å²) in [6.07, 6.45) is 2.78. The first-order chi connectivity index (χ1) is 17.0. The molecule has 1 saturated heterocycles. The lowest BCUT2D eigenvalue weighted by Crippen LogP contribution is -2.50. The number of likely N-dealkylation sites (N-methyl/N-ethyl adjacent to an activating group) is 2. The van der Waals surface area contributed by atoms with Gasteiger partial charge in [-0.2, -0.15) is 0 Å². The molecule has 2 atom stereocenters. The van der Waals surface area contributed by atoms with Crippen molar-refractivity contribution in [3.8, 4) is 0 Å². The molecule has 1 aliphatic heterocycles. The van der Waals surface area contributed by atoms with E-state index >= 15 is 0 Å². The van der Waals surface area contributed by atoms with Crippen molar-refractivity contribution in [1.29, 1.82) is 0 Å². The number of hydrogen-bond acceptors (Lipinski definition) is 7. The van der Waals surface area contributed by atoms with E-state index in [1.807, 2.05) is 60.5 Å². The molecular formula is C27H48N4O5S. The summed E-state index contributed by atoms with van der Waals surface area (Å²) in [6.45, 7) is 12.1. The third kappa shape index (κ3) is 10.8. The first-order valence-electron chi connectivity index (χ1n) is 13.2. The molecule has 1 aliphatic rings. The zero-order valence-corrected chi connectivity index (χ0v) is 25.1. The number of amides is 4. The van der Waals surface area contributed by atoms with Crippen LogP contribution in [0.4, 0.5) is 0 Å². The first-order valence-corrected chi connectivity index (χ1v) is 14.2. The molecular weight excluding hydrogens is 492 g/mol. The molecule has 1 fully saturated rings. The van der Waals surface area contributed by atoms with Gasteiger partial charge in [-0.1, -0.05) is 27.2 Å². The van der Waals surface area contributed by atoms with Crippen LogP contribution in [0.5, 0.6) is 0 Å². The van der Waals surface area contributed by atoms with E-state index in [4.69, 9.17) is 0 Å². The molecule has 212 valence electrons. The number of rotatable bonds is 14. The van der Waals surface area contributed by atoms with Gasteiger partial charge in [-0.25, -0.2) is 0 Å². The van der Waals surface area contributed by atoms with Crippen LogP contribution in [-0.2, 0) is 24.0 Å². The van der Waals surface area contributed by atoms with Crippen molar-refractivity contribution in [3.05, 3.63) is 0 Å². The maximum Gasteiger partial charge on any atom is 0.243 e. The van der Waals surface area contributed by atoms with Crippen LogP contribution in [0.3, 0.4) is 0 Å². The summed E-state index contributed by atoms with van der Waals surface area (Å²) in [7, 11) is 5.41. The number of carbonyl (C=O) groups is 5. The standard InChI is InChI=1S/C27H48N4O5S/c1-26(2,3)21(32)17-19(24(35)28-14-15-29(7)8)30(9)22(33)13-11-10-12-16-37-20-18-23(34)31(25(20)36)27(4,5)6/h19-20H,10-18H2,1-9H3,(H,28,35). The highest BCUT2D eigenvalue weighted by atomic mass is 32.2. The Hall–Kier alpha value is -1.94. The molecule has 1 rings (SSSR count). The van der Waals surface area contributed by atoms with E-state index in [9.17, 15) is 24.0 Å². The Morgan fingerprint density at radius 3 is 2.16 bits per heavy atom. The van der Waals surface area contributed by atoms with Crippen LogP contribution in [0, 0.1) is 5.41 Å². The Balaban J connectivity index is 2.54. The minimum Gasteiger partial charge on any atom is -0.353 e. The molecule has 0 aliphatic carbocycles. The lowest BCUT2D eigenvalue weighted by atomic mass is 9.86. The van der Waals surface area contributed by atoms with Crippen LogP contribution < -0.4 is 5.32 Å². The minimum atomic E-state index is -0.839. The summed E-state index contributed by atoms with van der Waals surface area (Å²) < 4.78 is 0. The normalized spacial score (nSPS) is 17.4. The summed E-state index contributed by atoms with van der Waals surface area (Å²) in [6, 6.07) is -0.839. The van der Waals surface area contributed by atoms with Crippen LogP contribution in [0.15, 0.2) is 0 Å². The molecule has 4 amide bonds. The summed E-state index contributed by atoms with van der Waals surface area (Å²) in [4.78, 5) is 68.0. The number of nitrogens with zero attached hydrogens (tertiary/aromatic N) is 3. The number of imide groups is 1. The van der Waals surface area contributed by atoms with Crippen molar-refractivity contribution in [2.24, 2.45) is 5.41 Å². The molecule has 0 saturated carbocycles. The molecule has 0 aromatic rings. The predicted molar refractivity (Wildman–Crippen MR) is 148 cm³/mol. The van der Waals surface area contributed by atoms with Crippen molar-refractivity contribution >= 4 is 41.2 Å². The molecule has 2 unspecified atom stereocenters. The van der Waals surface area contributed by atoms with E-state index < -0.39 is 17.0 Å². The molecule has 0 radical (unpaired) electrons. The van der Waals surface area contributed by atoms with Gasteiger partial charge in [0.05, 0.1) is 5.25 Å². The quantitative estimate of drug-likeness (QED) is 0.267. The number of likely N-dealkylation sites (tertiary alicyclic amines) is 1. The third-order valence-electron chi connectivity index (χ3n) is 6.37. The number of ketones is 1. The Kier molecular flexibility index (Phi) is 12.8. The van der Waals surface area contributed by atoms with Crippen LogP contribution in [0.1, 0.15) is 80.1 Å². The van der Waals surface area contributed by atoms with Gasteiger partial charge in [-0.3, -0.25) is 28.9 Å². The molecule has 0 bridgehead atoms. The van der Waals surface area contributed by atoms with Crippen molar-refractivity contribution < 1.29 is 24.0 Å². The second-order valence-electron chi connectivity index (χ2n) is 12.1. The van der Waals surface area contributed by atoms with Gasteiger partial charge in [0.15, 0.2) is 0 Å². The van der Waals surface area contributed by atoms with E-state index in [-0.39, 0.29) is 53.9 Å². The average molecular weight is 541 g/mol. The highest BCUT2D eigenvalue weighted by Gasteiger charge is 2.44. The number of thioether (sulfide) groups is 1. The van der Waals surface area contributed by atoms with E-state index in [0.29, 0.717) is 19.5 Å². The largest absolute Gasteiger partial charge is 0.353 e. The number of hydrogen-bond donors (Lipinski definition) is 1. The Morgan fingerprint density at radius 2 is 1.65 bits per heavy atom. The van der Waals surface area contributed by atoms with Crippen molar-refractivity contribution in [2.75, 3.05) is 40.0 Å².